The van der Waals surface area contributed by atoms with Gasteiger partial charge in [-0.25, -0.2) is 0 Å². The van der Waals surface area contributed by atoms with Gasteiger partial charge in [-0.05, 0) is 5.56 Å². The van der Waals surface area contributed by atoms with E-state index in [0.29, 0.717) is 0 Å². The summed E-state index contributed by atoms with van der Waals surface area (Å²) in [6.45, 7) is 4.86. The van der Waals surface area contributed by atoms with E-state index in [1.165, 1.54) is 0 Å². The molecule has 5 heteroatoms. The SMILES string of the molecule is Cl.Cl.O[C@@H](CN1CCNCC1)c1ccccc1. The molecule has 1 aliphatic rings. The fourth-order valence-corrected chi connectivity index (χ4v) is 1.92. The van der Waals surface area contributed by atoms with Crippen LogP contribution in [0.4, 0.5) is 0 Å². The average molecular weight is 279 g/mol. The summed E-state index contributed by atoms with van der Waals surface area (Å²) in [6, 6.07) is 9.87. The van der Waals surface area contributed by atoms with Crippen LogP contribution in [0.25, 0.3) is 0 Å². The molecule has 1 saturated heterocycles. The zero-order valence-electron chi connectivity index (χ0n) is 9.71. The molecule has 0 spiro atoms. The van der Waals surface area contributed by atoms with Crippen LogP contribution in [-0.4, -0.2) is 42.7 Å². The maximum atomic E-state index is 10.0. The lowest BCUT2D eigenvalue weighted by atomic mass is 10.1. The van der Waals surface area contributed by atoms with Crippen LogP contribution in [-0.2, 0) is 0 Å². The largest absolute Gasteiger partial charge is 0.387 e. The van der Waals surface area contributed by atoms with Gasteiger partial charge in [0.05, 0.1) is 6.10 Å². The maximum Gasteiger partial charge on any atom is 0.0916 e. The van der Waals surface area contributed by atoms with E-state index in [4.69, 9.17) is 0 Å². The topological polar surface area (TPSA) is 35.5 Å². The van der Waals surface area contributed by atoms with Gasteiger partial charge in [-0.15, -0.1) is 24.8 Å². The molecule has 0 aliphatic carbocycles. The highest BCUT2D eigenvalue weighted by Gasteiger charge is 2.14. The predicted molar refractivity (Wildman–Crippen MR) is 75.2 cm³/mol. The minimum Gasteiger partial charge on any atom is -0.387 e. The number of hydrogen-bond donors (Lipinski definition) is 2. The van der Waals surface area contributed by atoms with E-state index < -0.39 is 0 Å². The zero-order valence-corrected chi connectivity index (χ0v) is 11.3. The van der Waals surface area contributed by atoms with Crippen LogP contribution in [0.2, 0.25) is 0 Å². The maximum absolute atomic E-state index is 10.0. The molecule has 0 saturated carbocycles. The Kier molecular flexibility index (Phi) is 8.56. The van der Waals surface area contributed by atoms with Crippen molar-refractivity contribution in [1.82, 2.24) is 10.2 Å². The van der Waals surface area contributed by atoms with E-state index in [2.05, 4.69) is 10.2 Å². The molecule has 2 N–H and O–H groups in total. The average Bonchev–Trinajstić information content (AvgIpc) is 2.31. The molecule has 1 heterocycles. The molecule has 0 amide bonds. The van der Waals surface area contributed by atoms with Gasteiger partial charge in [0.2, 0.25) is 0 Å². The van der Waals surface area contributed by atoms with Crippen molar-refractivity contribution >= 4 is 24.8 Å². The van der Waals surface area contributed by atoms with E-state index in [9.17, 15) is 5.11 Å². The molecule has 1 aromatic carbocycles. The van der Waals surface area contributed by atoms with Crippen molar-refractivity contribution in [2.75, 3.05) is 32.7 Å². The summed E-state index contributed by atoms with van der Waals surface area (Å²) < 4.78 is 0. The van der Waals surface area contributed by atoms with Crippen LogP contribution in [0.1, 0.15) is 11.7 Å². The van der Waals surface area contributed by atoms with Crippen LogP contribution in [0, 0.1) is 0 Å². The molecule has 0 aromatic heterocycles. The number of nitrogens with one attached hydrogen (secondary N) is 1. The normalized spacial score (nSPS) is 17.7. The third kappa shape index (κ3) is 5.23. The quantitative estimate of drug-likeness (QED) is 0.879. The Hall–Kier alpha value is -0.320. The Morgan fingerprint density at radius 3 is 2.29 bits per heavy atom. The van der Waals surface area contributed by atoms with Gasteiger partial charge in [-0.3, -0.25) is 4.90 Å². The monoisotopic (exact) mass is 278 g/mol. The van der Waals surface area contributed by atoms with Crippen LogP contribution in [0.3, 0.4) is 0 Å². The van der Waals surface area contributed by atoms with Crippen LogP contribution in [0.15, 0.2) is 30.3 Å². The first-order valence-corrected chi connectivity index (χ1v) is 5.52. The Morgan fingerprint density at radius 2 is 1.71 bits per heavy atom. The highest BCUT2D eigenvalue weighted by molar-refractivity contribution is 5.85. The molecule has 0 unspecified atom stereocenters. The molecule has 2 rings (SSSR count). The Balaban J connectivity index is 0.00000128. The summed E-state index contributed by atoms with van der Waals surface area (Å²) in [6.07, 6.45) is -0.357. The van der Waals surface area contributed by atoms with Crippen LogP contribution < -0.4 is 5.32 Å². The fourth-order valence-electron chi connectivity index (χ4n) is 1.92. The molecule has 1 aromatic rings. The number of rotatable bonds is 3. The molecule has 1 aliphatic heterocycles. The number of aliphatic hydroxyl groups is 1. The van der Waals surface area contributed by atoms with Gasteiger partial charge < -0.3 is 10.4 Å². The number of piperazine rings is 1. The molecular formula is C12H20Cl2N2O. The summed E-state index contributed by atoms with van der Waals surface area (Å²) in [5.74, 6) is 0. The van der Waals surface area contributed by atoms with Gasteiger partial charge in [-0.2, -0.15) is 0 Å². The van der Waals surface area contributed by atoms with E-state index in [1.54, 1.807) is 0 Å². The van der Waals surface area contributed by atoms with Gasteiger partial charge in [0.25, 0.3) is 0 Å². The van der Waals surface area contributed by atoms with E-state index in [-0.39, 0.29) is 30.9 Å². The number of β-amino-alcohol motifs (C(OH)–C–C–N with tert-alkyl or cyclic N) is 1. The summed E-state index contributed by atoms with van der Waals surface area (Å²) in [5, 5.41) is 13.3. The Morgan fingerprint density at radius 1 is 1.12 bits per heavy atom. The van der Waals surface area contributed by atoms with Crippen LogP contribution in [0.5, 0.6) is 0 Å². The standard InChI is InChI=1S/C12H18N2O.2ClH/c15-12(11-4-2-1-3-5-11)10-14-8-6-13-7-9-14;;/h1-5,12-13,15H,6-10H2;2*1H/t12-;;/m0../s1. The number of nitrogens with zero attached hydrogens (tertiary/aromatic N) is 1. The van der Waals surface area contributed by atoms with Gasteiger partial charge in [-0.1, -0.05) is 30.3 Å². The molecule has 0 radical (unpaired) electrons. The smallest absolute Gasteiger partial charge is 0.0916 e. The molecule has 98 valence electrons. The molecule has 3 nitrogen and oxygen atoms in total. The first kappa shape index (κ1) is 16.7. The van der Waals surface area contributed by atoms with Gasteiger partial charge in [0.15, 0.2) is 0 Å². The summed E-state index contributed by atoms with van der Waals surface area (Å²) in [4.78, 5) is 2.30. The molecule has 1 atom stereocenters. The highest BCUT2D eigenvalue weighted by atomic mass is 35.5. The van der Waals surface area contributed by atoms with Crippen molar-refractivity contribution in [1.29, 1.82) is 0 Å². The first-order chi connectivity index (χ1) is 7.36. The number of aliphatic hydroxyl groups excluding tert-OH is 1. The lowest BCUT2D eigenvalue weighted by molar-refractivity contribution is 0.105. The Labute approximate surface area is 115 Å². The van der Waals surface area contributed by atoms with Gasteiger partial charge in [0.1, 0.15) is 0 Å². The summed E-state index contributed by atoms with van der Waals surface area (Å²) in [5.41, 5.74) is 1.01. The minimum absolute atomic E-state index is 0. The number of benzene rings is 1. The lowest BCUT2D eigenvalue weighted by Crippen LogP contribution is -2.44. The molecule has 1 fully saturated rings. The van der Waals surface area contributed by atoms with Gasteiger partial charge in [0, 0.05) is 32.7 Å². The molecular weight excluding hydrogens is 259 g/mol. The van der Waals surface area contributed by atoms with Crippen molar-refractivity contribution < 1.29 is 5.11 Å². The van der Waals surface area contributed by atoms with Crippen molar-refractivity contribution in [2.45, 2.75) is 6.10 Å². The predicted octanol–water partition coefficient (Wildman–Crippen LogP) is 1.47. The molecule has 0 bridgehead atoms. The van der Waals surface area contributed by atoms with E-state index >= 15 is 0 Å². The summed E-state index contributed by atoms with van der Waals surface area (Å²) in [7, 11) is 0. The lowest BCUT2D eigenvalue weighted by Gasteiger charge is -2.29. The summed E-state index contributed by atoms with van der Waals surface area (Å²) >= 11 is 0. The van der Waals surface area contributed by atoms with E-state index in [1.807, 2.05) is 30.3 Å². The third-order valence-electron chi connectivity index (χ3n) is 2.83. The molecule has 17 heavy (non-hydrogen) atoms. The van der Waals surface area contributed by atoms with Crippen molar-refractivity contribution in [3.8, 4) is 0 Å². The van der Waals surface area contributed by atoms with E-state index in [0.717, 1.165) is 38.3 Å². The second kappa shape index (κ2) is 8.72. The zero-order chi connectivity index (χ0) is 10.5. The number of hydrogen-bond acceptors (Lipinski definition) is 3. The minimum atomic E-state index is -0.357. The number of halogens is 2. The second-order valence-corrected chi connectivity index (χ2v) is 3.98. The fraction of sp³-hybridized carbons (Fsp3) is 0.500. The highest BCUT2D eigenvalue weighted by Crippen LogP contribution is 2.13. The first-order valence-electron chi connectivity index (χ1n) is 5.52. The van der Waals surface area contributed by atoms with Crippen molar-refractivity contribution in [3.63, 3.8) is 0 Å². The van der Waals surface area contributed by atoms with Crippen LogP contribution >= 0.6 is 24.8 Å². The van der Waals surface area contributed by atoms with Crippen molar-refractivity contribution in [3.05, 3.63) is 35.9 Å². The second-order valence-electron chi connectivity index (χ2n) is 3.98. The third-order valence-corrected chi connectivity index (χ3v) is 2.83. The van der Waals surface area contributed by atoms with Gasteiger partial charge >= 0.3 is 0 Å². The Bertz CT molecular complexity index is 292. The van der Waals surface area contributed by atoms with Crippen molar-refractivity contribution in [2.24, 2.45) is 0 Å².